The largest absolute Gasteiger partial charge is 0.382 e. The Morgan fingerprint density at radius 1 is 1.04 bits per heavy atom. The Hall–Kier alpha value is -1.10. The third kappa shape index (κ3) is 3.71. The van der Waals surface area contributed by atoms with Gasteiger partial charge in [-0.15, -0.1) is 0 Å². The van der Waals surface area contributed by atoms with Crippen molar-refractivity contribution in [3.05, 3.63) is 40.4 Å². The van der Waals surface area contributed by atoms with Gasteiger partial charge in [-0.1, -0.05) is 34.1 Å². The predicted molar refractivity (Wildman–Crippen MR) is 108 cm³/mol. The van der Waals surface area contributed by atoms with Crippen LogP contribution < -0.4 is 5.32 Å². The van der Waals surface area contributed by atoms with Gasteiger partial charge < -0.3 is 10.1 Å². The van der Waals surface area contributed by atoms with E-state index in [-0.39, 0.29) is 0 Å². The summed E-state index contributed by atoms with van der Waals surface area (Å²) in [7, 11) is 0. The number of hydrogen-bond donors (Lipinski definition) is 1. The number of anilines is 1. The van der Waals surface area contributed by atoms with Crippen LogP contribution in [0.25, 0.3) is 10.8 Å². The first-order chi connectivity index (χ1) is 12.2. The van der Waals surface area contributed by atoms with Gasteiger partial charge in [0.25, 0.3) is 0 Å². The van der Waals surface area contributed by atoms with E-state index in [2.05, 4.69) is 63.4 Å². The summed E-state index contributed by atoms with van der Waals surface area (Å²) >= 11 is 3.68. The minimum atomic E-state index is 0.585. The van der Waals surface area contributed by atoms with Crippen LogP contribution in [0.3, 0.4) is 0 Å². The van der Waals surface area contributed by atoms with Crippen molar-refractivity contribution in [2.75, 3.05) is 31.6 Å². The van der Waals surface area contributed by atoms with Gasteiger partial charge >= 0.3 is 0 Å². The quantitative estimate of drug-likeness (QED) is 0.784. The number of ether oxygens (including phenoxy) is 1. The molecule has 2 aromatic rings. The zero-order valence-electron chi connectivity index (χ0n) is 14.9. The van der Waals surface area contributed by atoms with E-state index in [1.54, 1.807) is 0 Å². The molecule has 1 saturated heterocycles. The van der Waals surface area contributed by atoms with Gasteiger partial charge in [0, 0.05) is 40.7 Å². The highest BCUT2D eigenvalue weighted by Gasteiger charge is 2.27. The van der Waals surface area contributed by atoms with Crippen molar-refractivity contribution < 1.29 is 4.74 Å². The molecule has 4 heteroatoms. The van der Waals surface area contributed by atoms with Gasteiger partial charge in [-0.3, -0.25) is 4.90 Å². The average Bonchev–Trinajstić information content (AvgIpc) is 2.66. The summed E-state index contributed by atoms with van der Waals surface area (Å²) in [5.74, 6) is 0. The molecule has 2 aliphatic rings. The smallest absolute Gasteiger partial charge is 0.0594 e. The molecule has 0 spiro atoms. The molecule has 0 aromatic heterocycles. The maximum absolute atomic E-state index is 5.49. The van der Waals surface area contributed by atoms with Gasteiger partial charge in [0.15, 0.2) is 0 Å². The molecular weight excluding hydrogens is 376 g/mol. The molecule has 2 fully saturated rings. The fraction of sp³-hybridized carbons (Fsp3) is 0.524. The Morgan fingerprint density at radius 3 is 2.56 bits per heavy atom. The van der Waals surface area contributed by atoms with Crippen LogP contribution in [0.4, 0.5) is 5.69 Å². The van der Waals surface area contributed by atoms with Crippen LogP contribution in [0.1, 0.15) is 31.2 Å². The van der Waals surface area contributed by atoms with Gasteiger partial charge in [-0.25, -0.2) is 0 Å². The van der Waals surface area contributed by atoms with Crippen LogP contribution in [0, 0.1) is 6.92 Å². The first kappa shape index (κ1) is 17.3. The normalized spacial score (nSPS) is 25.2. The Morgan fingerprint density at radius 2 is 1.80 bits per heavy atom. The Balaban J connectivity index is 1.45. The van der Waals surface area contributed by atoms with Gasteiger partial charge in [-0.05, 0) is 55.7 Å². The lowest BCUT2D eigenvalue weighted by Crippen LogP contribution is -2.46. The van der Waals surface area contributed by atoms with Crippen molar-refractivity contribution in [2.45, 2.75) is 44.7 Å². The van der Waals surface area contributed by atoms with E-state index in [1.807, 2.05) is 0 Å². The van der Waals surface area contributed by atoms with E-state index in [0.717, 1.165) is 32.3 Å². The van der Waals surface area contributed by atoms with Crippen molar-refractivity contribution in [3.8, 4) is 0 Å². The van der Waals surface area contributed by atoms with Crippen molar-refractivity contribution in [1.82, 2.24) is 4.90 Å². The van der Waals surface area contributed by atoms with E-state index in [9.17, 15) is 0 Å². The average molecular weight is 403 g/mol. The van der Waals surface area contributed by atoms with Gasteiger partial charge in [0.05, 0.1) is 13.2 Å². The molecule has 1 heterocycles. The summed E-state index contributed by atoms with van der Waals surface area (Å²) < 4.78 is 6.68. The number of benzene rings is 2. The highest BCUT2D eigenvalue weighted by Crippen LogP contribution is 2.33. The molecule has 0 bridgehead atoms. The molecule has 0 unspecified atom stereocenters. The van der Waals surface area contributed by atoms with Crippen molar-refractivity contribution in [3.63, 3.8) is 0 Å². The molecule has 25 heavy (non-hydrogen) atoms. The fourth-order valence-corrected chi connectivity index (χ4v) is 4.73. The Bertz CT molecular complexity index is 734. The standard InChI is InChI=1S/C21H27BrN2O/c1-15-19(22)10-5-16-3-2-4-20(21(15)16)23-17-6-8-18(9-7-17)24-11-13-25-14-12-24/h2-5,10,17-18,23H,6-9,11-14H2,1H3/t17-,18-. The Labute approximate surface area is 158 Å². The lowest BCUT2D eigenvalue weighted by Gasteiger charge is -2.39. The second-order valence-electron chi connectivity index (χ2n) is 7.37. The Kier molecular flexibility index (Phi) is 5.30. The SMILES string of the molecule is Cc1c(Br)ccc2cccc(N[C@H]3CC[C@H](N4CCOCC4)CC3)c12. The molecule has 3 nitrogen and oxygen atoms in total. The van der Waals surface area contributed by atoms with Crippen molar-refractivity contribution in [1.29, 1.82) is 0 Å². The molecular formula is C21H27BrN2O. The molecule has 0 radical (unpaired) electrons. The number of aryl methyl sites for hydroxylation is 1. The number of fused-ring (bicyclic) bond motifs is 1. The van der Waals surface area contributed by atoms with E-state index in [0.29, 0.717) is 6.04 Å². The second kappa shape index (κ2) is 7.65. The van der Waals surface area contributed by atoms with E-state index >= 15 is 0 Å². The minimum absolute atomic E-state index is 0.585. The number of halogens is 1. The third-order valence-corrected chi connectivity index (χ3v) is 6.72. The van der Waals surface area contributed by atoms with Gasteiger partial charge in [-0.2, -0.15) is 0 Å². The van der Waals surface area contributed by atoms with Crippen LogP contribution >= 0.6 is 15.9 Å². The monoisotopic (exact) mass is 402 g/mol. The van der Waals surface area contributed by atoms with E-state index < -0.39 is 0 Å². The zero-order valence-corrected chi connectivity index (χ0v) is 16.5. The van der Waals surface area contributed by atoms with Crippen LogP contribution in [-0.4, -0.2) is 43.3 Å². The van der Waals surface area contributed by atoms with Gasteiger partial charge in [0.2, 0.25) is 0 Å². The maximum Gasteiger partial charge on any atom is 0.0594 e. The number of hydrogen-bond acceptors (Lipinski definition) is 3. The third-order valence-electron chi connectivity index (χ3n) is 5.86. The summed E-state index contributed by atoms with van der Waals surface area (Å²) in [5, 5.41) is 6.52. The van der Waals surface area contributed by atoms with E-state index in [1.165, 1.54) is 52.2 Å². The molecule has 0 amide bonds. The second-order valence-corrected chi connectivity index (χ2v) is 8.23. The lowest BCUT2D eigenvalue weighted by molar-refractivity contribution is 0.00791. The molecule has 2 aromatic carbocycles. The van der Waals surface area contributed by atoms with E-state index in [4.69, 9.17) is 4.74 Å². The molecule has 1 N–H and O–H groups in total. The molecule has 4 rings (SSSR count). The highest BCUT2D eigenvalue weighted by atomic mass is 79.9. The van der Waals surface area contributed by atoms with Gasteiger partial charge in [0.1, 0.15) is 0 Å². The molecule has 134 valence electrons. The molecule has 0 atom stereocenters. The first-order valence-corrected chi connectivity index (χ1v) is 10.3. The number of rotatable bonds is 3. The molecule has 1 saturated carbocycles. The summed E-state index contributed by atoms with van der Waals surface area (Å²) in [6.45, 7) is 6.23. The summed E-state index contributed by atoms with van der Waals surface area (Å²) in [5.41, 5.74) is 2.61. The minimum Gasteiger partial charge on any atom is -0.382 e. The number of morpholine rings is 1. The fourth-order valence-electron chi connectivity index (χ4n) is 4.40. The topological polar surface area (TPSA) is 24.5 Å². The predicted octanol–water partition coefficient (Wildman–Crippen LogP) is 4.97. The zero-order chi connectivity index (χ0) is 17.2. The summed E-state index contributed by atoms with van der Waals surface area (Å²) in [4.78, 5) is 2.64. The maximum atomic E-state index is 5.49. The van der Waals surface area contributed by atoms with Crippen LogP contribution in [0.15, 0.2) is 34.8 Å². The van der Waals surface area contributed by atoms with Crippen LogP contribution in [0.2, 0.25) is 0 Å². The van der Waals surface area contributed by atoms with Crippen molar-refractivity contribution in [2.24, 2.45) is 0 Å². The molecule has 1 aliphatic carbocycles. The van der Waals surface area contributed by atoms with Crippen LogP contribution in [-0.2, 0) is 4.74 Å². The summed E-state index contributed by atoms with van der Waals surface area (Å²) in [6.07, 6.45) is 5.10. The lowest BCUT2D eigenvalue weighted by atomic mass is 9.89. The highest BCUT2D eigenvalue weighted by molar-refractivity contribution is 9.10. The van der Waals surface area contributed by atoms with Crippen LogP contribution in [0.5, 0.6) is 0 Å². The number of nitrogens with one attached hydrogen (secondary N) is 1. The molecule has 1 aliphatic heterocycles. The van der Waals surface area contributed by atoms with Crippen molar-refractivity contribution >= 4 is 32.4 Å². The number of nitrogens with zero attached hydrogens (tertiary/aromatic N) is 1. The summed E-state index contributed by atoms with van der Waals surface area (Å²) in [6, 6.07) is 12.3. The first-order valence-electron chi connectivity index (χ1n) is 9.48.